The first kappa shape index (κ1) is 26.5. The Morgan fingerprint density at radius 1 is 1.09 bits per heavy atom. The molecule has 0 radical (unpaired) electrons. The molecule has 0 unspecified atom stereocenters. The summed E-state index contributed by atoms with van der Waals surface area (Å²) in [5.41, 5.74) is 1.38. The van der Waals surface area contributed by atoms with Crippen LogP contribution in [0, 0.1) is 5.92 Å². The number of carbonyl (C=O) groups is 2. The van der Waals surface area contributed by atoms with Crippen LogP contribution < -0.4 is 5.32 Å². The van der Waals surface area contributed by atoms with E-state index in [-0.39, 0.29) is 24.1 Å². The minimum absolute atomic E-state index is 0.0850. The lowest BCUT2D eigenvalue weighted by atomic mass is 9.98. The van der Waals surface area contributed by atoms with Crippen molar-refractivity contribution in [3.63, 3.8) is 0 Å². The van der Waals surface area contributed by atoms with Crippen LogP contribution in [0.1, 0.15) is 42.6 Å². The maximum atomic E-state index is 13.1. The van der Waals surface area contributed by atoms with Gasteiger partial charge in [0.2, 0.25) is 15.9 Å². The van der Waals surface area contributed by atoms with Gasteiger partial charge in [0.25, 0.3) is 5.91 Å². The molecule has 0 saturated carbocycles. The quantitative estimate of drug-likeness (QED) is 0.543. The number of piperidine rings is 1. The molecule has 0 aliphatic carbocycles. The van der Waals surface area contributed by atoms with Crippen LogP contribution in [0.3, 0.4) is 0 Å². The summed E-state index contributed by atoms with van der Waals surface area (Å²) >= 11 is 11.9. The van der Waals surface area contributed by atoms with Gasteiger partial charge in [-0.15, -0.1) is 0 Å². The van der Waals surface area contributed by atoms with E-state index >= 15 is 0 Å². The third-order valence-electron chi connectivity index (χ3n) is 5.95. The van der Waals surface area contributed by atoms with E-state index in [4.69, 9.17) is 23.2 Å². The predicted octanol–water partition coefficient (Wildman–Crippen LogP) is 4.66. The lowest BCUT2D eigenvalue weighted by Gasteiger charge is -2.31. The Labute approximate surface area is 211 Å². The van der Waals surface area contributed by atoms with Crippen LogP contribution in [-0.4, -0.2) is 55.6 Å². The Bertz CT molecular complexity index is 1150. The third-order valence-corrected chi connectivity index (χ3v) is 8.50. The maximum Gasteiger partial charge on any atom is 0.255 e. The summed E-state index contributed by atoms with van der Waals surface area (Å²) in [7, 11) is -3.65. The minimum Gasteiger partial charge on any atom is -0.339 e. The second-order valence-electron chi connectivity index (χ2n) is 8.21. The fraction of sp³-hybridized carbons (Fsp3) is 0.417. The van der Waals surface area contributed by atoms with Gasteiger partial charge in [-0.2, -0.15) is 0 Å². The summed E-state index contributed by atoms with van der Waals surface area (Å²) in [6.45, 7) is 5.36. The van der Waals surface area contributed by atoms with E-state index < -0.39 is 15.9 Å². The fourth-order valence-electron chi connectivity index (χ4n) is 4.03. The highest BCUT2D eigenvalue weighted by Gasteiger charge is 2.33. The lowest BCUT2D eigenvalue weighted by molar-refractivity contribution is -0.120. The molecule has 0 spiro atoms. The van der Waals surface area contributed by atoms with Gasteiger partial charge in [-0.3, -0.25) is 9.59 Å². The first-order valence-corrected chi connectivity index (χ1v) is 13.6. The Hall–Kier alpha value is -2.13. The van der Waals surface area contributed by atoms with E-state index in [9.17, 15) is 18.0 Å². The van der Waals surface area contributed by atoms with E-state index in [0.717, 1.165) is 0 Å². The van der Waals surface area contributed by atoms with Crippen molar-refractivity contribution in [2.24, 2.45) is 5.92 Å². The number of halogens is 2. The molecule has 10 heteroatoms. The van der Waals surface area contributed by atoms with Gasteiger partial charge in [0.1, 0.15) is 0 Å². The average molecular weight is 526 g/mol. The number of hydrogen-bond donors (Lipinski definition) is 1. The topological polar surface area (TPSA) is 86.8 Å². The van der Waals surface area contributed by atoms with Crippen LogP contribution >= 0.6 is 23.2 Å². The number of para-hydroxylation sites is 1. The van der Waals surface area contributed by atoms with Gasteiger partial charge in [-0.25, -0.2) is 12.7 Å². The zero-order valence-corrected chi connectivity index (χ0v) is 21.6. The van der Waals surface area contributed by atoms with Crippen molar-refractivity contribution in [1.29, 1.82) is 0 Å². The van der Waals surface area contributed by atoms with Gasteiger partial charge in [-0.1, -0.05) is 41.4 Å². The van der Waals surface area contributed by atoms with Crippen molar-refractivity contribution in [2.75, 3.05) is 31.5 Å². The molecule has 1 heterocycles. The van der Waals surface area contributed by atoms with Gasteiger partial charge in [0, 0.05) is 26.2 Å². The van der Waals surface area contributed by atoms with Gasteiger partial charge < -0.3 is 10.2 Å². The smallest absolute Gasteiger partial charge is 0.255 e. The summed E-state index contributed by atoms with van der Waals surface area (Å²) in [5, 5.41) is 3.51. The lowest BCUT2D eigenvalue weighted by Crippen LogP contribution is -2.44. The fourth-order valence-corrected chi connectivity index (χ4v) is 5.95. The van der Waals surface area contributed by atoms with Crippen molar-refractivity contribution in [3.05, 3.63) is 63.6 Å². The van der Waals surface area contributed by atoms with Crippen LogP contribution in [-0.2, 0) is 20.6 Å². The van der Waals surface area contributed by atoms with Crippen molar-refractivity contribution in [3.8, 4) is 0 Å². The predicted molar refractivity (Wildman–Crippen MR) is 136 cm³/mol. The highest BCUT2D eigenvalue weighted by atomic mass is 35.5. The van der Waals surface area contributed by atoms with Gasteiger partial charge >= 0.3 is 0 Å². The Morgan fingerprint density at radius 3 is 2.47 bits per heavy atom. The molecule has 1 aliphatic rings. The molecule has 3 rings (SSSR count). The van der Waals surface area contributed by atoms with Crippen molar-refractivity contribution in [2.45, 2.75) is 32.4 Å². The van der Waals surface area contributed by atoms with E-state index in [1.165, 1.54) is 4.31 Å². The highest BCUT2D eigenvalue weighted by molar-refractivity contribution is 7.88. The molecular formula is C24H29Cl2N3O4S. The van der Waals surface area contributed by atoms with Crippen LogP contribution in [0.15, 0.2) is 42.5 Å². The molecule has 7 nitrogen and oxygen atoms in total. The number of hydrogen-bond acceptors (Lipinski definition) is 4. The number of anilines is 1. The molecule has 2 aromatic carbocycles. The summed E-state index contributed by atoms with van der Waals surface area (Å²) in [6.07, 6.45) is 1.13. The largest absolute Gasteiger partial charge is 0.339 e. The molecule has 1 saturated heterocycles. The molecule has 0 bridgehead atoms. The van der Waals surface area contributed by atoms with E-state index in [1.807, 2.05) is 13.8 Å². The van der Waals surface area contributed by atoms with Crippen LogP contribution in [0.5, 0.6) is 0 Å². The number of benzene rings is 2. The van der Waals surface area contributed by atoms with Gasteiger partial charge in [0.15, 0.2) is 0 Å². The standard InChI is InChI=1S/C24H29Cl2N3O4S/c1-3-28(4-2)24(31)19-9-5-6-10-22(19)27-23(30)18-8-7-13-29(15-18)34(32,33)16-17-11-12-20(25)21(26)14-17/h5-6,9-12,14,18H,3-4,7-8,13,15-16H2,1-2H3,(H,27,30)/t18-/m1/s1. The number of nitrogens with zero attached hydrogens (tertiary/aromatic N) is 2. The average Bonchev–Trinajstić information content (AvgIpc) is 2.82. The van der Waals surface area contributed by atoms with Crippen LogP contribution in [0.4, 0.5) is 5.69 Å². The first-order chi connectivity index (χ1) is 16.2. The monoisotopic (exact) mass is 525 g/mol. The van der Waals surface area contributed by atoms with Crippen molar-refractivity contribution in [1.82, 2.24) is 9.21 Å². The molecule has 1 fully saturated rings. The van der Waals surface area contributed by atoms with Crippen LogP contribution in [0.25, 0.3) is 0 Å². The molecule has 1 aliphatic heterocycles. The first-order valence-electron chi connectivity index (χ1n) is 11.3. The summed E-state index contributed by atoms with van der Waals surface area (Å²) < 4.78 is 27.4. The second-order valence-corrected chi connectivity index (χ2v) is 11.0. The maximum absolute atomic E-state index is 13.1. The number of nitrogens with one attached hydrogen (secondary N) is 1. The summed E-state index contributed by atoms with van der Waals surface area (Å²) in [4.78, 5) is 27.6. The normalized spacial score (nSPS) is 16.8. The zero-order valence-electron chi connectivity index (χ0n) is 19.3. The van der Waals surface area contributed by atoms with Crippen molar-refractivity contribution >= 4 is 50.7 Å². The second kappa shape index (κ2) is 11.5. The Morgan fingerprint density at radius 2 is 1.79 bits per heavy atom. The van der Waals surface area contributed by atoms with E-state index in [2.05, 4.69) is 5.32 Å². The zero-order chi connectivity index (χ0) is 24.9. The Kier molecular flexibility index (Phi) is 8.98. The van der Waals surface area contributed by atoms with Crippen molar-refractivity contribution < 1.29 is 18.0 Å². The molecule has 2 amide bonds. The molecule has 184 valence electrons. The highest BCUT2D eigenvalue weighted by Crippen LogP contribution is 2.27. The third kappa shape index (κ3) is 6.30. The molecule has 1 N–H and O–H groups in total. The number of rotatable bonds is 8. The van der Waals surface area contributed by atoms with E-state index in [1.54, 1.807) is 47.4 Å². The van der Waals surface area contributed by atoms with Gasteiger partial charge in [0.05, 0.1) is 33.0 Å². The summed E-state index contributed by atoms with van der Waals surface area (Å²) in [6, 6.07) is 11.6. The van der Waals surface area contributed by atoms with E-state index in [0.29, 0.717) is 59.3 Å². The molecule has 0 aromatic heterocycles. The number of carbonyl (C=O) groups excluding carboxylic acids is 2. The molecule has 34 heavy (non-hydrogen) atoms. The SMILES string of the molecule is CCN(CC)C(=O)c1ccccc1NC(=O)[C@@H]1CCCN(S(=O)(=O)Cc2ccc(Cl)c(Cl)c2)C1. The number of amides is 2. The van der Waals surface area contributed by atoms with Crippen LogP contribution in [0.2, 0.25) is 10.0 Å². The minimum atomic E-state index is -3.65. The Balaban J connectivity index is 1.71. The van der Waals surface area contributed by atoms with Gasteiger partial charge in [-0.05, 0) is 56.5 Å². The molecule has 2 aromatic rings. The molecule has 1 atom stereocenters. The number of sulfonamides is 1. The summed E-state index contributed by atoms with van der Waals surface area (Å²) in [5.74, 6) is -1.20. The molecular weight excluding hydrogens is 497 g/mol.